The summed E-state index contributed by atoms with van der Waals surface area (Å²) < 4.78 is 5.22. The molecular weight excluding hydrogens is 260 g/mol. The van der Waals surface area contributed by atoms with Crippen LogP contribution in [0.1, 0.15) is 5.56 Å². The molecule has 0 saturated heterocycles. The third-order valence-corrected chi connectivity index (χ3v) is 3.26. The van der Waals surface area contributed by atoms with E-state index in [1.807, 2.05) is 54.4 Å². The lowest BCUT2D eigenvalue weighted by Gasteiger charge is -2.22. The van der Waals surface area contributed by atoms with Crippen LogP contribution in [-0.2, 0) is 6.54 Å². The summed E-state index contributed by atoms with van der Waals surface area (Å²) in [6, 6.07) is 13.5. The molecule has 2 rings (SSSR count). The van der Waals surface area contributed by atoms with Gasteiger partial charge in [0.1, 0.15) is 5.75 Å². The Morgan fingerprint density at radius 3 is 2.63 bits per heavy atom. The number of nitrogens with two attached hydrogens (primary N) is 1. The Labute approximate surface area is 118 Å². The first-order chi connectivity index (χ1) is 9.11. The van der Waals surface area contributed by atoms with Gasteiger partial charge in [0, 0.05) is 13.6 Å². The van der Waals surface area contributed by atoms with Crippen molar-refractivity contribution in [1.82, 2.24) is 0 Å². The molecule has 0 bridgehead atoms. The van der Waals surface area contributed by atoms with Gasteiger partial charge in [0.15, 0.2) is 0 Å². The highest BCUT2D eigenvalue weighted by molar-refractivity contribution is 6.33. The Morgan fingerprint density at radius 1 is 1.21 bits per heavy atom. The van der Waals surface area contributed by atoms with Crippen LogP contribution in [-0.4, -0.2) is 14.2 Å². The predicted octanol–water partition coefficient (Wildman–Crippen LogP) is 3.57. The summed E-state index contributed by atoms with van der Waals surface area (Å²) in [7, 11) is 3.63. The quantitative estimate of drug-likeness (QED) is 0.868. The zero-order chi connectivity index (χ0) is 13.8. The fourth-order valence-corrected chi connectivity index (χ4v) is 2.38. The molecule has 3 nitrogen and oxygen atoms in total. The molecule has 2 N–H and O–H groups in total. The number of para-hydroxylation sites is 1. The van der Waals surface area contributed by atoms with Gasteiger partial charge in [-0.25, -0.2) is 0 Å². The molecular formula is C15H17ClN2O. The van der Waals surface area contributed by atoms with Gasteiger partial charge in [-0.05, 0) is 29.8 Å². The number of methoxy groups -OCH3 is 1. The first kappa shape index (κ1) is 13.6. The monoisotopic (exact) mass is 276 g/mol. The number of nitrogen functional groups attached to an aromatic ring is 1. The minimum atomic E-state index is 0.658. The summed E-state index contributed by atoms with van der Waals surface area (Å²) >= 11 is 6.20. The molecule has 0 aliphatic carbocycles. The fraction of sp³-hybridized carbons (Fsp3) is 0.200. The lowest BCUT2D eigenvalue weighted by Crippen LogP contribution is -2.18. The van der Waals surface area contributed by atoms with E-state index in [2.05, 4.69) is 0 Å². The van der Waals surface area contributed by atoms with Crippen LogP contribution in [0.2, 0.25) is 5.02 Å². The van der Waals surface area contributed by atoms with E-state index in [4.69, 9.17) is 22.1 Å². The first-order valence-electron chi connectivity index (χ1n) is 6.00. The average molecular weight is 277 g/mol. The molecule has 0 heterocycles. The van der Waals surface area contributed by atoms with E-state index < -0.39 is 0 Å². The third kappa shape index (κ3) is 3.12. The highest BCUT2D eigenvalue weighted by Gasteiger charge is 2.10. The van der Waals surface area contributed by atoms with E-state index in [-0.39, 0.29) is 0 Å². The molecule has 0 amide bonds. The highest BCUT2D eigenvalue weighted by Crippen LogP contribution is 2.32. The zero-order valence-electron chi connectivity index (χ0n) is 11.1. The molecule has 0 spiro atoms. The van der Waals surface area contributed by atoms with Crippen molar-refractivity contribution in [1.29, 1.82) is 0 Å². The summed E-state index contributed by atoms with van der Waals surface area (Å²) in [5.41, 5.74) is 8.65. The molecule has 100 valence electrons. The smallest absolute Gasteiger partial charge is 0.119 e. The third-order valence-electron chi connectivity index (χ3n) is 2.95. The number of halogens is 1. The van der Waals surface area contributed by atoms with Crippen LogP contribution in [0.3, 0.4) is 0 Å². The molecule has 0 saturated carbocycles. The summed E-state index contributed by atoms with van der Waals surface area (Å²) in [6.07, 6.45) is 0. The Kier molecular flexibility index (Phi) is 4.17. The maximum absolute atomic E-state index is 6.20. The molecule has 0 aromatic heterocycles. The number of hydrogen-bond donors (Lipinski definition) is 1. The Bertz CT molecular complexity index is 552. The molecule has 0 aliphatic rings. The molecule has 19 heavy (non-hydrogen) atoms. The minimum Gasteiger partial charge on any atom is -0.497 e. The van der Waals surface area contributed by atoms with Crippen LogP contribution >= 0.6 is 11.6 Å². The summed E-state index contributed by atoms with van der Waals surface area (Å²) in [5.74, 6) is 0.845. The van der Waals surface area contributed by atoms with Gasteiger partial charge in [-0.15, -0.1) is 0 Å². The molecule has 4 heteroatoms. The van der Waals surface area contributed by atoms with Crippen molar-refractivity contribution < 1.29 is 4.74 Å². The van der Waals surface area contributed by atoms with Crippen LogP contribution in [0.4, 0.5) is 11.4 Å². The van der Waals surface area contributed by atoms with Crippen molar-refractivity contribution in [2.24, 2.45) is 0 Å². The van der Waals surface area contributed by atoms with Gasteiger partial charge in [-0.2, -0.15) is 0 Å². The maximum Gasteiger partial charge on any atom is 0.119 e. The van der Waals surface area contributed by atoms with E-state index in [1.165, 1.54) is 0 Å². The van der Waals surface area contributed by atoms with Gasteiger partial charge < -0.3 is 15.4 Å². The maximum atomic E-state index is 6.20. The van der Waals surface area contributed by atoms with E-state index >= 15 is 0 Å². The molecule has 2 aromatic rings. The number of nitrogens with zero attached hydrogens (tertiary/aromatic N) is 1. The Balaban J connectivity index is 2.23. The number of ether oxygens (including phenoxy) is 1. The van der Waals surface area contributed by atoms with Crippen LogP contribution < -0.4 is 15.4 Å². The second-order valence-electron chi connectivity index (χ2n) is 4.39. The van der Waals surface area contributed by atoms with Crippen LogP contribution in [0.25, 0.3) is 0 Å². The van der Waals surface area contributed by atoms with Crippen molar-refractivity contribution in [3.05, 3.63) is 53.1 Å². The SMILES string of the molecule is COc1cccc(CN(C)c2c(N)cccc2Cl)c1. The lowest BCUT2D eigenvalue weighted by atomic mass is 10.2. The fourth-order valence-electron chi connectivity index (χ4n) is 2.06. The molecule has 0 fully saturated rings. The van der Waals surface area contributed by atoms with Gasteiger partial charge in [0.2, 0.25) is 0 Å². The van der Waals surface area contributed by atoms with Crippen molar-refractivity contribution >= 4 is 23.0 Å². The molecule has 0 atom stereocenters. The first-order valence-corrected chi connectivity index (χ1v) is 6.37. The summed E-state index contributed by atoms with van der Waals surface area (Å²) in [5, 5.41) is 0.658. The lowest BCUT2D eigenvalue weighted by molar-refractivity contribution is 0.414. The number of hydrogen-bond acceptors (Lipinski definition) is 3. The minimum absolute atomic E-state index is 0.658. The molecule has 0 aliphatic heterocycles. The van der Waals surface area contributed by atoms with Crippen molar-refractivity contribution in [3.63, 3.8) is 0 Å². The number of anilines is 2. The predicted molar refractivity (Wildman–Crippen MR) is 81.0 cm³/mol. The Hall–Kier alpha value is -1.87. The van der Waals surface area contributed by atoms with Crippen molar-refractivity contribution in [3.8, 4) is 5.75 Å². The Morgan fingerprint density at radius 2 is 1.95 bits per heavy atom. The van der Waals surface area contributed by atoms with E-state index in [0.29, 0.717) is 17.3 Å². The van der Waals surface area contributed by atoms with Crippen molar-refractivity contribution in [2.75, 3.05) is 24.8 Å². The molecule has 0 radical (unpaired) electrons. The largest absolute Gasteiger partial charge is 0.497 e. The van der Waals surface area contributed by atoms with Crippen LogP contribution in [0.5, 0.6) is 5.75 Å². The number of benzene rings is 2. The summed E-state index contributed by atoms with van der Waals surface area (Å²) in [6.45, 7) is 0.713. The molecule has 2 aromatic carbocycles. The standard InChI is InChI=1S/C15H17ClN2O/c1-18(15-13(16)7-4-8-14(15)17)10-11-5-3-6-12(9-11)19-2/h3-9H,10,17H2,1-2H3. The highest BCUT2D eigenvalue weighted by atomic mass is 35.5. The van der Waals surface area contributed by atoms with Crippen LogP contribution in [0, 0.1) is 0 Å². The second kappa shape index (κ2) is 5.85. The van der Waals surface area contributed by atoms with E-state index in [9.17, 15) is 0 Å². The van der Waals surface area contributed by atoms with Gasteiger partial charge >= 0.3 is 0 Å². The normalized spacial score (nSPS) is 10.3. The van der Waals surface area contributed by atoms with Crippen molar-refractivity contribution in [2.45, 2.75) is 6.54 Å². The summed E-state index contributed by atoms with van der Waals surface area (Å²) in [4.78, 5) is 2.03. The van der Waals surface area contributed by atoms with E-state index in [0.717, 1.165) is 17.0 Å². The van der Waals surface area contributed by atoms with Gasteiger partial charge in [-0.1, -0.05) is 29.8 Å². The van der Waals surface area contributed by atoms with Crippen LogP contribution in [0.15, 0.2) is 42.5 Å². The zero-order valence-corrected chi connectivity index (χ0v) is 11.8. The second-order valence-corrected chi connectivity index (χ2v) is 4.79. The average Bonchev–Trinajstić information content (AvgIpc) is 2.38. The number of rotatable bonds is 4. The van der Waals surface area contributed by atoms with E-state index in [1.54, 1.807) is 7.11 Å². The molecule has 0 unspecified atom stereocenters. The topological polar surface area (TPSA) is 38.5 Å². The van der Waals surface area contributed by atoms with Gasteiger partial charge in [-0.3, -0.25) is 0 Å². The van der Waals surface area contributed by atoms with Gasteiger partial charge in [0.25, 0.3) is 0 Å². The van der Waals surface area contributed by atoms with Gasteiger partial charge in [0.05, 0.1) is 23.5 Å².